The van der Waals surface area contributed by atoms with Gasteiger partial charge in [-0.2, -0.15) is 27.0 Å². The van der Waals surface area contributed by atoms with Gasteiger partial charge in [-0.25, -0.2) is 4.79 Å². The Morgan fingerprint density at radius 1 is 0.519 bits per heavy atom. The van der Waals surface area contributed by atoms with E-state index in [1.807, 2.05) is 13.8 Å². The van der Waals surface area contributed by atoms with Gasteiger partial charge in [0.05, 0.1) is 21.2 Å². The highest BCUT2D eigenvalue weighted by molar-refractivity contribution is 7.86. The van der Waals surface area contributed by atoms with E-state index in [-0.39, 0.29) is 27.7 Å². The van der Waals surface area contributed by atoms with Crippen LogP contribution in [-0.2, 0) is 20.2 Å². The summed E-state index contributed by atoms with van der Waals surface area (Å²) in [6.07, 6.45) is 0. The maximum atomic E-state index is 12.2. The van der Waals surface area contributed by atoms with Crippen molar-refractivity contribution >= 4 is 61.0 Å². The van der Waals surface area contributed by atoms with Crippen molar-refractivity contribution in [2.45, 2.75) is 37.5 Å². The average molecular weight is 753 g/mol. The van der Waals surface area contributed by atoms with Gasteiger partial charge < -0.3 is 33.6 Å². The number of rotatable bonds is 8. The molecular weight excluding hydrogens is 713 g/mol. The van der Waals surface area contributed by atoms with Crippen LogP contribution in [0.3, 0.4) is 0 Å². The van der Waals surface area contributed by atoms with Crippen LogP contribution in [0.2, 0.25) is 0 Å². The molecule has 276 valence electrons. The molecule has 2 amide bonds. The lowest BCUT2D eigenvalue weighted by atomic mass is 10.1. The summed E-state index contributed by atoms with van der Waals surface area (Å²) in [6, 6.07) is 25.8. The van der Waals surface area contributed by atoms with Gasteiger partial charge >= 0.3 is 6.03 Å². The van der Waals surface area contributed by atoms with Crippen molar-refractivity contribution in [1.29, 1.82) is 0 Å². The third-order valence-corrected chi connectivity index (χ3v) is 8.13. The molecule has 0 saturated heterocycles. The van der Waals surface area contributed by atoms with E-state index in [4.69, 9.17) is 32.0 Å². The highest BCUT2D eigenvalue weighted by Crippen LogP contribution is 2.14. The lowest BCUT2D eigenvalue weighted by Crippen LogP contribution is -2.22. The molecule has 0 fully saturated rings. The molecule has 0 radical (unpaired) electrons. The van der Waals surface area contributed by atoms with Gasteiger partial charge in [0.25, 0.3) is 20.2 Å². The summed E-state index contributed by atoms with van der Waals surface area (Å²) in [5.74, 6) is -0.234. The number of nitrogens with zero attached hydrogens (tertiary/aromatic N) is 4. The molecule has 0 aromatic heterocycles. The Bertz CT molecular complexity index is 1990. The van der Waals surface area contributed by atoms with Crippen molar-refractivity contribution in [2.75, 3.05) is 10.6 Å². The van der Waals surface area contributed by atoms with Crippen LogP contribution >= 0.6 is 0 Å². The number of anilines is 2. The number of guanidine groups is 2. The summed E-state index contributed by atoms with van der Waals surface area (Å²) in [6.45, 7) is 7.23. The van der Waals surface area contributed by atoms with E-state index in [1.54, 1.807) is 86.6 Å². The zero-order chi connectivity index (χ0) is 39.1. The number of nitrogens with two attached hydrogens (primary N) is 4. The van der Waals surface area contributed by atoms with Gasteiger partial charge in [0.1, 0.15) is 0 Å². The fraction of sp³-hybridized carbons (Fsp3) is 0.121. The third kappa shape index (κ3) is 15.6. The molecule has 0 saturated carbocycles. The van der Waals surface area contributed by atoms with E-state index in [0.29, 0.717) is 22.8 Å². The van der Waals surface area contributed by atoms with E-state index < -0.39 is 20.2 Å². The summed E-state index contributed by atoms with van der Waals surface area (Å²) in [5, 5.41) is 20.5. The second kappa shape index (κ2) is 19.3. The maximum absolute atomic E-state index is 12.2. The Morgan fingerprint density at radius 2 is 0.808 bits per heavy atom. The average Bonchev–Trinajstić information content (AvgIpc) is 3.07. The minimum absolute atomic E-state index is 0.0666. The molecule has 0 bridgehead atoms. The minimum atomic E-state index is -4.02. The van der Waals surface area contributed by atoms with Gasteiger partial charge in [-0.1, -0.05) is 59.7 Å². The number of carbonyl (C=O) groups is 1. The first-order chi connectivity index (χ1) is 24.2. The molecule has 12 N–H and O–H groups in total. The number of hydrogen-bond acceptors (Lipinski definition) is 9. The number of carbonyl (C=O) groups excluding carboxylic acids is 1. The molecule has 52 heavy (non-hydrogen) atoms. The van der Waals surface area contributed by atoms with Gasteiger partial charge in [0.2, 0.25) is 11.9 Å². The van der Waals surface area contributed by atoms with Crippen molar-refractivity contribution in [2.24, 2.45) is 43.3 Å². The highest BCUT2D eigenvalue weighted by atomic mass is 32.2. The van der Waals surface area contributed by atoms with Crippen molar-refractivity contribution in [1.82, 2.24) is 0 Å². The van der Waals surface area contributed by atoms with Crippen LogP contribution in [0.1, 0.15) is 36.1 Å². The monoisotopic (exact) mass is 752 g/mol. The highest BCUT2D eigenvalue weighted by Gasteiger charge is 2.08. The summed E-state index contributed by atoms with van der Waals surface area (Å²) in [7, 11) is -8.04. The number of urea groups is 1. The number of hydrogen-bond donors (Lipinski definition) is 8. The molecule has 0 aliphatic heterocycles. The second-order valence-electron chi connectivity index (χ2n) is 10.7. The fourth-order valence-corrected chi connectivity index (χ4v) is 4.64. The maximum Gasteiger partial charge on any atom is 0.323 e. The molecule has 4 rings (SSSR count). The molecule has 17 nitrogen and oxygen atoms in total. The number of nitrogens with one attached hydrogen (secondary N) is 2. The number of amides is 2. The SMILES string of the molecule is C/C(=N\N=C(N)N)c1ccc(NC(=O)Nc2ccc(/C(C)=N/N=C(N)N)cc2)cc1.Cc1ccc(S(=O)(=O)O)cc1.Cc1ccc(S(=O)(=O)O)cc1. The molecule has 4 aromatic rings. The van der Waals surface area contributed by atoms with E-state index in [1.165, 1.54) is 24.3 Å². The van der Waals surface area contributed by atoms with E-state index >= 15 is 0 Å². The number of benzene rings is 4. The summed E-state index contributed by atoms with van der Waals surface area (Å²) >= 11 is 0. The van der Waals surface area contributed by atoms with Crippen LogP contribution in [-0.4, -0.2) is 55.3 Å². The molecule has 0 heterocycles. The van der Waals surface area contributed by atoms with Gasteiger partial charge in [-0.05, 0) is 87.4 Å². The van der Waals surface area contributed by atoms with Crippen LogP contribution in [0, 0.1) is 13.8 Å². The second-order valence-corrected chi connectivity index (χ2v) is 13.6. The third-order valence-electron chi connectivity index (χ3n) is 6.39. The van der Waals surface area contributed by atoms with Crippen LogP contribution in [0.15, 0.2) is 127 Å². The Balaban J connectivity index is 0.000000344. The Labute approximate surface area is 301 Å². The first kappa shape index (κ1) is 42.0. The first-order valence-corrected chi connectivity index (χ1v) is 17.8. The minimum Gasteiger partial charge on any atom is -0.369 e. The zero-order valence-electron chi connectivity index (χ0n) is 28.6. The lowest BCUT2D eigenvalue weighted by molar-refractivity contribution is 0.262. The first-order valence-electron chi connectivity index (χ1n) is 14.9. The topological polar surface area (TPSA) is 303 Å². The standard InChI is InChI=1S/C19H24N10O.2C7H8O3S/c1-11(26-28-17(20)21)13-3-7-15(8-4-13)24-19(30)25-16-9-5-14(6-10-16)12(2)27-29-18(22)23;2*1-6-2-4-7(5-3-6)11(8,9)10/h3-10H,1-2H3,(H4,20,21,28)(H4,22,23,29)(H2,24,25,30);2*2-5H,1H3,(H,8,9,10)/b26-11+,27-12+;;. The van der Waals surface area contributed by atoms with Crippen molar-refractivity contribution in [3.63, 3.8) is 0 Å². The summed E-state index contributed by atoms with van der Waals surface area (Å²) in [4.78, 5) is 12.1. The molecule has 0 atom stereocenters. The molecule has 0 unspecified atom stereocenters. The Morgan fingerprint density at radius 3 is 1.06 bits per heavy atom. The van der Waals surface area contributed by atoms with Crippen LogP contribution < -0.4 is 33.6 Å². The fourth-order valence-electron chi connectivity index (χ4n) is 3.68. The summed E-state index contributed by atoms with van der Waals surface area (Å²) < 4.78 is 59.1. The van der Waals surface area contributed by atoms with Crippen LogP contribution in [0.25, 0.3) is 0 Å². The molecule has 4 aromatic carbocycles. The zero-order valence-corrected chi connectivity index (χ0v) is 30.2. The van der Waals surface area contributed by atoms with Gasteiger partial charge in [-0.3, -0.25) is 9.11 Å². The van der Waals surface area contributed by atoms with Gasteiger partial charge in [-0.15, -0.1) is 10.2 Å². The number of aryl methyl sites for hydroxylation is 2. The Hall–Kier alpha value is -6.15. The smallest absolute Gasteiger partial charge is 0.323 e. The van der Waals surface area contributed by atoms with E-state index in [2.05, 4.69) is 31.0 Å². The van der Waals surface area contributed by atoms with Gasteiger partial charge in [0.15, 0.2) is 0 Å². The van der Waals surface area contributed by atoms with E-state index in [9.17, 15) is 21.6 Å². The summed E-state index contributed by atoms with van der Waals surface area (Å²) in [5.41, 5.74) is 27.1. The molecule has 0 aliphatic rings. The van der Waals surface area contributed by atoms with E-state index in [0.717, 1.165) is 22.3 Å². The molecule has 0 aliphatic carbocycles. The van der Waals surface area contributed by atoms with Crippen molar-refractivity contribution in [3.8, 4) is 0 Å². The molecule has 19 heteroatoms. The molecule has 0 spiro atoms. The Kier molecular flexibility index (Phi) is 15.6. The predicted octanol–water partition coefficient (Wildman–Crippen LogP) is 3.81. The van der Waals surface area contributed by atoms with Crippen LogP contribution in [0.4, 0.5) is 16.2 Å². The predicted molar refractivity (Wildman–Crippen MR) is 204 cm³/mol. The quantitative estimate of drug-likeness (QED) is 0.0554. The van der Waals surface area contributed by atoms with Crippen molar-refractivity contribution in [3.05, 3.63) is 119 Å². The van der Waals surface area contributed by atoms with Gasteiger partial charge in [0, 0.05) is 11.4 Å². The normalized spacial score (nSPS) is 11.4. The van der Waals surface area contributed by atoms with Crippen molar-refractivity contribution < 1.29 is 30.7 Å². The van der Waals surface area contributed by atoms with Crippen LogP contribution in [0.5, 0.6) is 0 Å². The lowest BCUT2D eigenvalue weighted by Gasteiger charge is -2.09. The largest absolute Gasteiger partial charge is 0.369 e. The molecular formula is C33H40N10O7S2.